The molecule has 1 aliphatic rings. The number of benzene rings is 2. The van der Waals surface area contributed by atoms with Crippen molar-refractivity contribution >= 4 is 22.6 Å². The second kappa shape index (κ2) is 5.48. The summed E-state index contributed by atoms with van der Waals surface area (Å²) in [5.41, 5.74) is 8.51. The van der Waals surface area contributed by atoms with Gasteiger partial charge in [-0.05, 0) is 43.0 Å². The third-order valence-corrected chi connectivity index (χ3v) is 4.79. The number of primary amides is 1. The second-order valence-electron chi connectivity index (χ2n) is 6.58. The SMILES string of the molecule is Cc1ccccc1-c1cc(=O)oc2cc(NC3(C(N)=O)CC3)ccc12. The van der Waals surface area contributed by atoms with Gasteiger partial charge in [0.25, 0.3) is 0 Å². The van der Waals surface area contributed by atoms with Crippen LogP contribution in [0.1, 0.15) is 18.4 Å². The van der Waals surface area contributed by atoms with E-state index >= 15 is 0 Å². The number of hydrogen-bond acceptors (Lipinski definition) is 4. The highest BCUT2D eigenvalue weighted by Crippen LogP contribution is 2.39. The summed E-state index contributed by atoms with van der Waals surface area (Å²) in [4.78, 5) is 23.6. The molecule has 2 aromatic carbocycles. The van der Waals surface area contributed by atoms with E-state index in [9.17, 15) is 9.59 Å². The minimum absolute atomic E-state index is 0.359. The van der Waals surface area contributed by atoms with E-state index in [2.05, 4.69) is 5.32 Å². The van der Waals surface area contributed by atoms with Gasteiger partial charge in [-0.25, -0.2) is 4.79 Å². The van der Waals surface area contributed by atoms with Gasteiger partial charge in [-0.3, -0.25) is 4.79 Å². The van der Waals surface area contributed by atoms with Crippen molar-refractivity contribution < 1.29 is 9.21 Å². The molecule has 5 nitrogen and oxygen atoms in total. The molecule has 1 fully saturated rings. The predicted molar refractivity (Wildman–Crippen MR) is 97.4 cm³/mol. The van der Waals surface area contributed by atoms with Gasteiger partial charge in [0.1, 0.15) is 11.1 Å². The summed E-state index contributed by atoms with van der Waals surface area (Å²) in [7, 11) is 0. The van der Waals surface area contributed by atoms with E-state index in [0.29, 0.717) is 24.1 Å². The van der Waals surface area contributed by atoms with Gasteiger partial charge in [0.2, 0.25) is 5.91 Å². The lowest BCUT2D eigenvalue weighted by Crippen LogP contribution is -2.37. The summed E-state index contributed by atoms with van der Waals surface area (Å²) >= 11 is 0. The molecule has 0 atom stereocenters. The fourth-order valence-corrected chi connectivity index (χ4v) is 3.17. The van der Waals surface area contributed by atoms with Crippen LogP contribution < -0.4 is 16.7 Å². The van der Waals surface area contributed by atoms with E-state index in [4.69, 9.17) is 10.2 Å². The molecule has 1 aliphatic carbocycles. The van der Waals surface area contributed by atoms with Crippen molar-refractivity contribution in [3.05, 3.63) is 64.5 Å². The third kappa shape index (κ3) is 2.67. The maximum absolute atomic E-state index is 12.0. The zero-order valence-corrected chi connectivity index (χ0v) is 13.8. The Morgan fingerprint density at radius 3 is 2.56 bits per heavy atom. The van der Waals surface area contributed by atoms with Crippen LogP contribution in [0.5, 0.6) is 0 Å². The van der Waals surface area contributed by atoms with Crippen molar-refractivity contribution in [2.45, 2.75) is 25.3 Å². The number of rotatable bonds is 4. The number of nitrogens with two attached hydrogens (primary N) is 1. The first-order valence-corrected chi connectivity index (χ1v) is 8.21. The number of amides is 1. The molecule has 3 aromatic rings. The highest BCUT2D eigenvalue weighted by atomic mass is 16.4. The van der Waals surface area contributed by atoms with Gasteiger partial charge in [-0.15, -0.1) is 0 Å². The lowest BCUT2D eigenvalue weighted by Gasteiger charge is -2.16. The summed E-state index contributed by atoms with van der Waals surface area (Å²) in [5, 5.41) is 4.02. The summed E-state index contributed by atoms with van der Waals surface area (Å²) in [6.45, 7) is 2.01. The quantitative estimate of drug-likeness (QED) is 0.718. The molecule has 0 unspecified atom stereocenters. The topological polar surface area (TPSA) is 85.3 Å². The minimum atomic E-state index is -0.665. The highest BCUT2D eigenvalue weighted by Gasteiger charge is 2.48. The Hall–Kier alpha value is -3.08. The van der Waals surface area contributed by atoms with Crippen LogP contribution in [0.25, 0.3) is 22.1 Å². The first kappa shape index (κ1) is 15.4. The Morgan fingerprint density at radius 1 is 1.12 bits per heavy atom. The normalized spacial score (nSPS) is 15.1. The molecule has 1 saturated carbocycles. The molecule has 0 saturated heterocycles. The Morgan fingerprint density at radius 2 is 1.88 bits per heavy atom. The Bertz CT molecular complexity index is 1050. The summed E-state index contributed by atoms with van der Waals surface area (Å²) in [5.74, 6) is -0.359. The van der Waals surface area contributed by atoms with Crippen LogP contribution in [0.4, 0.5) is 5.69 Å². The molecule has 126 valence electrons. The van der Waals surface area contributed by atoms with Crippen molar-refractivity contribution in [2.75, 3.05) is 5.32 Å². The molecule has 0 spiro atoms. The fraction of sp³-hybridized carbons (Fsp3) is 0.200. The molecule has 4 rings (SSSR count). The van der Waals surface area contributed by atoms with Gasteiger partial charge < -0.3 is 15.5 Å². The number of aryl methyl sites for hydroxylation is 1. The zero-order valence-electron chi connectivity index (χ0n) is 13.8. The van der Waals surface area contributed by atoms with Crippen molar-refractivity contribution in [3.8, 4) is 11.1 Å². The molecule has 1 amide bonds. The molecule has 5 heteroatoms. The molecule has 0 aliphatic heterocycles. The lowest BCUT2D eigenvalue weighted by molar-refractivity contribution is -0.119. The average Bonchev–Trinajstić information content (AvgIpc) is 3.35. The number of nitrogens with one attached hydrogen (secondary N) is 1. The largest absolute Gasteiger partial charge is 0.423 e. The van der Waals surface area contributed by atoms with Gasteiger partial charge in [-0.2, -0.15) is 0 Å². The molecular formula is C20H18N2O3. The zero-order chi connectivity index (χ0) is 17.6. The van der Waals surface area contributed by atoms with E-state index in [0.717, 1.165) is 22.1 Å². The Labute approximate surface area is 144 Å². The highest BCUT2D eigenvalue weighted by molar-refractivity contribution is 5.96. The number of carbonyl (C=O) groups is 1. The maximum atomic E-state index is 12.0. The van der Waals surface area contributed by atoms with Gasteiger partial charge in [0.05, 0.1) is 0 Å². The molecule has 3 N–H and O–H groups in total. The number of fused-ring (bicyclic) bond motifs is 1. The standard InChI is InChI=1S/C20H18N2O3/c1-12-4-2-3-5-14(12)16-11-18(23)25-17-10-13(6-7-15(16)17)22-20(8-9-20)19(21)24/h2-7,10-11,22H,8-9H2,1H3,(H2,21,24). The summed E-state index contributed by atoms with van der Waals surface area (Å²) in [6.07, 6.45) is 1.43. The number of anilines is 1. The van der Waals surface area contributed by atoms with E-state index in [1.807, 2.05) is 43.3 Å². The molecule has 0 bridgehead atoms. The lowest BCUT2D eigenvalue weighted by atomic mass is 9.98. The van der Waals surface area contributed by atoms with Crippen molar-refractivity contribution in [2.24, 2.45) is 5.73 Å². The molecular weight excluding hydrogens is 316 g/mol. The van der Waals surface area contributed by atoms with E-state index in [-0.39, 0.29) is 5.91 Å². The predicted octanol–water partition coefficient (Wildman–Crippen LogP) is 3.20. The van der Waals surface area contributed by atoms with Crippen molar-refractivity contribution in [3.63, 3.8) is 0 Å². The van der Waals surface area contributed by atoms with E-state index in [1.165, 1.54) is 6.07 Å². The van der Waals surface area contributed by atoms with Gasteiger partial charge >= 0.3 is 5.63 Å². The Balaban J connectivity index is 1.83. The molecule has 1 aromatic heterocycles. The van der Waals surface area contributed by atoms with E-state index < -0.39 is 11.2 Å². The van der Waals surface area contributed by atoms with Crippen LogP contribution in [0.15, 0.2) is 57.7 Å². The van der Waals surface area contributed by atoms with Gasteiger partial charge in [0, 0.05) is 28.8 Å². The van der Waals surface area contributed by atoms with Crippen LogP contribution in [0.2, 0.25) is 0 Å². The van der Waals surface area contributed by atoms with Gasteiger partial charge in [0.15, 0.2) is 0 Å². The van der Waals surface area contributed by atoms with Crippen molar-refractivity contribution in [1.82, 2.24) is 0 Å². The van der Waals surface area contributed by atoms with E-state index in [1.54, 1.807) is 6.07 Å². The van der Waals surface area contributed by atoms with Crippen LogP contribution in [0.3, 0.4) is 0 Å². The minimum Gasteiger partial charge on any atom is -0.423 e. The second-order valence-corrected chi connectivity index (χ2v) is 6.58. The monoisotopic (exact) mass is 334 g/mol. The third-order valence-electron chi connectivity index (χ3n) is 4.79. The molecule has 25 heavy (non-hydrogen) atoms. The maximum Gasteiger partial charge on any atom is 0.336 e. The first-order valence-electron chi connectivity index (χ1n) is 8.21. The van der Waals surface area contributed by atoms with Gasteiger partial charge in [-0.1, -0.05) is 24.3 Å². The average molecular weight is 334 g/mol. The fourth-order valence-electron chi connectivity index (χ4n) is 3.17. The first-order chi connectivity index (χ1) is 12.0. The smallest absolute Gasteiger partial charge is 0.336 e. The van der Waals surface area contributed by atoms with Crippen molar-refractivity contribution in [1.29, 1.82) is 0 Å². The van der Waals surface area contributed by atoms with Crippen LogP contribution in [-0.4, -0.2) is 11.4 Å². The van der Waals surface area contributed by atoms with Crippen LogP contribution in [-0.2, 0) is 4.79 Å². The molecule has 0 radical (unpaired) electrons. The number of hydrogen-bond donors (Lipinski definition) is 2. The van der Waals surface area contributed by atoms with Crippen LogP contribution >= 0.6 is 0 Å². The number of carbonyl (C=O) groups excluding carboxylic acids is 1. The Kier molecular flexibility index (Phi) is 3.39. The summed E-state index contributed by atoms with van der Waals surface area (Å²) in [6, 6.07) is 15.0. The summed E-state index contributed by atoms with van der Waals surface area (Å²) < 4.78 is 5.39. The molecule has 1 heterocycles. The van der Waals surface area contributed by atoms with Crippen LogP contribution in [0, 0.1) is 6.92 Å².